The van der Waals surface area contributed by atoms with E-state index in [1.54, 1.807) is 0 Å². The van der Waals surface area contributed by atoms with E-state index < -0.39 is 0 Å². The summed E-state index contributed by atoms with van der Waals surface area (Å²) in [5, 5.41) is 3.48. The Bertz CT molecular complexity index is 867. The van der Waals surface area contributed by atoms with Gasteiger partial charge in [-0.1, -0.05) is 42.5 Å². The number of nitrogens with one attached hydrogen (secondary N) is 1. The van der Waals surface area contributed by atoms with E-state index in [0.717, 1.165) is 50.5 Å². The first-order chi connectivity index (χ1) is 14.7. The van der Waals surface area contributed by atoms with Gasteiger partial charge in [-0.3, -0.25) is 4.79 Å². The summed E-state index contributed by atoms with van der Waals surface area (Å²) < 4.78 is 0. The summed E-state index contributed by atoms with van der Waals surface area (Å²) in [5.74, 6) is 1.01. The molecule has 2 saturated heterocycles. The number of hydrogen-bond acceptors (Lipinski definition) is 3. The Morgan fingerprint density at radius 3 is 2.43 bits per heavy atom. The summed E-state index contributed by atoms with van der Waals surface area (Å²) in [6, 6.07) is 18.6. The lowest BCUT2D eigenvalue weighted by molar-refractivity contribution is 0.0558. The molecule has 0 saturated carbocycles. The number of rotatable bonds is 3. The maximum Gasteiger partial charge on any atom is 0.254 e. The highest BCUT2D eigenvalue weighted by Crippen LogP contribution is 2.42. The van der Waals surface area contributed by atoms with Crippen molar-refractivity contribution in [2.45, 2.75) is 37.6 Å². The first-order valence-electron chi connectivity index (χ1n) is 11.6. The van der Waals surface area contributed by atoms with Crippen LogP contribution in [0.4, 0.5) is 0 Å². The first kappa shape index (κ1) is 19.8. The van der Waals surface area contributed by atoms with Gasteiger partial charge in [-0.25, -0.2) is 0 Å². The van der Waals surface area contributed by atoms with E-state index in [0.29, 0.717) is 0 Å². The minimum Gasteiger partial charge on any atom is -0.333 e. The van der Waals surface area contributed by atoms with Crippen LogP contribution in [0.25, 0.3) is 0 Å². The van der Waals surface area contributed by atoms with Gasteiger partial charge in [0.15, 0.2) is 0 Å². The second-order valence-corrected chi connectivity index (χ2v) is 9.46. The lowest BCUT2D eigenvalue weighted by atomic mass is 9.68. The van der Waals surface area contributed by atoms with Crippen LogP contribution >= 0.6 is 0 Å². The summed E-state index contributed by atoms with van der Waals surface area (Å²) in [4.78, 5) is 18.1. The fourth-order valence-corrected chi connectivity index (χ4v) is 5.82. The Balaban J connectivity index is 1.34. The van der Waals surface area contributed by atoms with Gasteiger partial charge in [0, 0.05) is 30.6 Å². The van der Waals surface area contributed by atoms with E-state index in [4.69, 9.17) is 0 Å². The maximum atomic E-state index is 13.3. The van der Waals surface area contributed by atoms with E-state index in [9.17, 15) is 4.79 Å². The van der Waals surface area contributed by atoms with Gasteiger partial charge in [0.25, 0.3) is 5.91 Å². The summed E-state index contributed by atoms with van der Waals surface area (Å²) >= 11 is 0. The van der Waals surface area contributed by atoms with E-state index in [-0.39, 0.29) is 11.3 Å². The van der Waals surface area contributed by atoms with Crippen LogP contribution in [0.5, 0.6) is 0 Å². The second-order valence-electron chi connectivity index (χ2n) is 9.46. The molecular formula is C26H33N3O. The molecule has 1 amide bonds. The second kappa shape index (κ2) is 8.52. The summed E-state index contributed by atoms with van der Waals surface area (Å²) in [7, 11) is 0. The van der Waals surface area contributed by atoms with E-state index in [2.05, 4.69) is 39.4 Å². The minimum atomic E-state index is 0.101. The van der Waals surface area contributed by atoms with E-state index in [1.807, 2.05) is 30.3 Å². The van der Waals surface area contributed by atoms with Gasteiger partial charge < -0.3 is 15.1 Å². The third-order valence-electron chi connectivity index (χ3n) is 7.54. The Morgan fingerprint density at radius 1 is 0.967 bits per heavy atom. The highest BCUT2D eigenvalue weighted by Gasteiger charge is 2.43. The van der Waals surface area contributed by atoms with Crippen molar-refractivity contribution in [3.63, 3.8) is 0 Å². The molecule has 3 heterocycles. The van der Waals surface area contributed by atoms with E-state index in [1.165, 1.54) is 43.6 Å². The summed E-state index contributed by atoms with van der Waals surface area (Å²) in [5.41, 5.74) is 3.73. The van der Waals surface area contributed by atoms with Crippen molar-refractivity contribution >= 4 is 5.91 Å². The minimum absolute atomic E-state index is 0.101. The highest BCUT2D eigenvalue weighted by molar-refractivity contribution is 5.94. The highest BCUT2D eigenvalue weighted by atomic mass is 16.2. The Morgan fingerprint density at radius 2 is 1.67 bits per heavy atom. The molecular weight excluding hydrogens is 370 g/mol. The number of hydrogen-bond donors (Lipinski definition) is 1. The molecule has 4 heteroatoms. The van der Waals surface area contributed by atoms with Gasteiger partial charge in [-0.15, -0.1) is 0 Å². The molecule has 2 aromatic rings. The Kier molecular flexibility index (Phi) is 5.62. The average molecular weight is 404 g/mol. The van der Waals surface area contributed by atoms with E-state index >= 15 is 0 Å². The normalized spacial score (nSPS) is 22.1. The van der Waals surface area contributed by atoms with Crippen LogP contribution in [-0.2, 0) is 12.0 Å². The topological polar surface area (TPSA) is 35.6 Å². The van der Waals surface area contributed by atoms with Crippen molar-refractivity contribution in [1.82, 2.24) is 15.1 Å². The summed E-state index contributed by atoms with van der Waals surface area (Å²) in [6.45, 7) is 7.45. The third-order valence-corrected chi connectivity index (χ3v) is 7.54. The molecule has 0 aromatic heterocycles. The molecule has 0 bridgehead atoms. The largest absolute Gasteiger partial charge is 0.333 e. The zero-order valence-electron chi connectivity index (χ0n) is 17.9. The van der Waals surface area contributed by atoms with Crippen molar-refractivity contribution in [2.75, 3.05) is 39.3 Å². The van der Waals surface area contributed by atoms with Gasteiger partial charge in [-0.05, 0) is 81.0 Å². The lowest BCUT2D eigenvalue weighted by Crippen LogP contribution is -2.53. The number of benzene rings is 2. The van der Waals surface area contributed by atoms with Crippen molar-refractivity contribution in [2.24, 2.45) is 5.92 Å². The fraction of sp³-hybridized carbons (Fsp3) is 0.500. The number of carbonyl (C=O) groups is 1. The number of piperidine rings is 2. The summed E-state index contributed by atoms with van der Waals surface area (Å²) in [6.07, 6.45) is 4.91. The quantitative estimate of drug-likeness (QED) is 0.849. The maximum absolute atomic E-state index is 13.3. The van der Waals surface area contributed by atoms with Crippen molar-refractivity contribution in [3.8, 4) is 0 Å². The van der Waals surface area contributed by atoms with Crippen molar-refractivity contribution in [3.05, 3.63) is 71.3 Å². The predicted molar refractivity (Wildman–Crippen MR) is 121 cm³/mol. The van der Waals surface area contributed by atoms with Crippen LogP contribution in [0.15, 0.2) is 54.6 Å². The number of likely N-dealkylation sites (tertiary alicyclic amines) is 1. The molecule has 158 valence electrons. The Labute approximate surface area is 180 Å². The lowest BCUT2D eigenvalue weighted by Gasteiger charge is -2.49. The molecule has 2 fully saturated rings. The van der Waals surface area contributed by atoms with Gasteiger partial charge in [0.2, 0.25) is 0 Å². The van der Waals surface area contributed by atoms with Crippen LogP contribution in [0.1, 0.15) is 47.2 Å². The van der Waals surface area contributed by atoms with Crippen molar-refractivity contribution in [1.29, 1.82) is 0 Å². The smallest absolute Gasteiger partial charge is 0.254 e. The Hall–Kier alpha value is -2.17. The molecule has 0 radical (unpaired) electrons. The third kappa shape index (κ3) is 3.91. The fourth-order valence-electron chi connectivity index (χ4n) is 5.82. The number of carbonyl (C=O) groups excluding carboxylic acids is 1. The molecule has 3 aliphatic rings. The van der Waals surface area contributed by atoms with Crippen LogP contribution in [0.2, 0.25) is 0 Å². The average Bonchev–Trinajstić information content (AvgIpc) is 2.81. The monoisotopic (exact) mass is 403 g/mol. The molecule has 3 aliphatic heterocycles. The SMILES string of the molecule is O=C(c1ccccc1)N1Cc2ccccc2C2(CCN(CC3CCNCC3)CC2)C1. The molecule has 30 heavy (non-hydrogen) atoms. The zero-order chi connectivity index (χ0) is 20.4. The van der Waals surface area contributed by atoms with Gasteiger partial charge in [-0.2, -0.15) is 0 Å². The van der Waals surface area contributed by atoms with Crippen LogP contribution in [-0.4, -0.2) is 55.0 Å². The molecule has 4 nitrogen and oxygen atoms in total. The zero-order valence-corrected chi connectivity index (χ0v) is 17.9. The van der Waals surface area contributed by atoms with Crippen LogP contribution in [0.3, 0.4) is 0 Å². The van der Waals surface area contributed by atoms with Crippen molar-refractivity contribution < 1.29 is 4.79 Å². The van der Waals surface area contributed by atoms with Crippen LogP contribution in [0, 0.1) is 5.92 Å². The number of amides is 1. The molecule has 2 aromatic carbocycles. The standard InChI is InChI=1S/C26H33N3O/c30-25(22-6-2-1-3-7-22)29-19-23-8-4-5-9-24(23)26(20-29)12-16-28(17-13-26)18-21-10-14-27-15-11-21/h1-9,21,27H,10-20H2. The van der Waals surface area contributed by atoms with Gasteiger partial charge in [0.05, 0.1) is 0 Å². The predicted octanol–water partition coefficient (Wildman–Crippen LogP) is 3.68. The molecule has 0 aliphatic carbocycles. The number of nitrogens with zero attached hydrogens (tertiary/aromatic N) is 2. The molecule has 1 N–H and O–H groups in total. The number of fused-ring (bicyclic) bond motifs is 2. The molecule has 0 atom stereocenters. The van der Waals surface area contributed by atoms with Crippen LogP contribution < -0.4 is 5.32 Å². The van der Waals surface area contributed by atoms with Gasteiger partial charge >= 0.3 is 0 Å². The first-order valence-corrected chi connectivity index (χ1v) is 11.6. The van der Waals surface area contributed by atoms with Gasteiger partial charge in [0.1, 0.15) is 0 Å². The molecule has 1 spiro atoms. The molecule has 5 rings (SSSR count). The molecule has 0 unspecified atom stereocenters.